The predicted octanol–water partition coefficient (Wildman–Crippen LogP) is 1.63. The fourth-order valence-corrected chi connectivity index (χ4v) is 3.72. The van der Waals surface area contributed by atoms with E-state index in [1.807, 2.05) is 11.9 Å². The summed E-state index contributed by atoms with van der Waals surface area (Å²) in [5, 5.41) is 3.49. The van der Waals surface area contributed by atoms with Crippen LogP contribution in [-0.4, -0.2) is 85.5 Å². The number of guanidine groups is 1. The van der Waals surface area contributed by atoms with E-state index in [-0.39, 0.29) is 6.04 Å². The Morgan fingerprint density at radius 3 is 2.20 bits per heavy atom. The second kappa shape index (κ2) is 10.00. The van der Waals surface area contributed by atoms with Gasteiger partial charge in [0.1, 0.15) is 0 Å². The van der Waals surface area contributed by atoms with Crippen molar-refractivity contribution in [1.82, 2.24) is 20.0 Å². The average Bonchev–Trinajstić information content (AvgIpc) is 3.15. The van der Waals surface area contributed by atoms with Crippen molar-refractivity contribution in [2.45, 2.75) is 52.5 Å². The van der Waals surface area contributed by atoms with Crippen LogP contribution in [0, 0.1) is 5.92 Å². The largest absolute Gasteiger partial charge is 0.356 e. The molecule has 1 amide bonds. The molecule has 2 fully saturated rings. The molecule has 2 rings (SSSR count). The molecule has 6 heteroatoms. The Bertz CT molecular complexity index is 437. The molecule has 0 aliphatic carbocycles. The molecule has 0 saturated carbocycles. The van der Waals surface area contributed by atoms with Crippen molar-refractivity contribution in [2.24, 2.45) is 10.9 Å². The minimum atomic E-state index is 0.00117. The van der Waals surface area contributed by atoms with Gasteiger partial charge in [0.2, 0.25) is 5.91 Å². The zero-order valence-corrected chi connectivity index (χ0v) is 16.6. The van der Waals surface area contributed by atoms with Crippen LogP contribution in [0.4, 0.5) is 0 Å². The van der Waals surface area contributed by atoms with Gasteiger partial charge in [-0.3, -0.25) is 14.7 Å². The molecule has 2 saturated heterocycles. The summed E-state index contributed by atoms with van der Waals surface area (Å²) in [6.07, 6.45) is 4.74. The van der Waals surface area contributed by atoms with Crippen LogP contribution < -0.4 is 5.32 Å². The lowest BCUT2D eigenvalue weighted by atomic mass is 10.1. The zero-order chi connectivity index (χ0) is 18.2. The van der Waals surface area contributed by atoms with Crippen molar-refractivity contribution in [3.8, 4) is 0 Å². The number of nitrogens with zero attached hydrogens (tertiary/aromatic N) is 4. The molecule has 0 aromatic carbocycles. The van der Waals surface area contributed by atoms with Gasteiger partial charge in [0.15, 0.2) is 5.96 Å². The molecule has 0 aromatic rings. The first-order valence-electron chi connectivity index (χ1n) is 10.0. The van der Waals surface area contributed by atoms with E-state index in [0.717, 1.165) is 70.5 Å². The maximum atomic E-state index is 12.6. The second-order valence-electron chi connectivity index (χ2n) is 7.74. The van der Waals surface area contributed by atoms with Crippen LogP contribution in [0.25, 0.3) is 0 Å². The maximum absolute atomic E-state index is 12.6. The molecule has 1 N–H and O–H groups in total. The molecule has 2 aliphatic heterocycles. The molecule has 6 nitrogen and oxygen atoms in total. The van der Waals surface area contributed by atoms with Gasteiger partial charge >= 0.3 is 0 Å². The monoisotopic (exact) mass is 351 g/mol. The maximum Gasteiger partial charge on any atom is 0.239 e. The van der Waals surface area contributed by atoms with Gasteiger partial charge in [-0.2, -0.15) is 0 Å². The highest BCUT2D eigenvalue weighted by molar-refractivity contribution is 5.82. The van der Waals surface area contributed by atoms with Crippen molar-refractivity contribution < 1.29 is 4.79 Å². The number of hydrogen-bond acceptors (Lipinski definition) is 3. The van der Waals surface area contributed by atoms with Crippen molar-refractivity contribution in [3.05, 3.63) is 0 Å². The Kier molecular flexibility index (Phi) is 8.00. The molecule has 0 aromatic heterocycles. The summed E-state index contributed by atoms with van der Waals surface area (Å²) >= 11 is 0. The van der Waals surface area contributed by atoms with Gasteiger partial charge in [-0.1, -0.05) is 13.8 Å². The summed E-state index contributed by atoms with van der Waals surface area (Å²) in [7, 11) is 1.86. The molecule has 2 aliphatic rings. The van der Waals surface area contributed by atoms with E-state index in [0.29, 0.717) is 5.91 Å². The zero-order valence-electron chi connectivity index (χ0n) is 16.6. The number of carbonyl (C=O) groups is 1. The van der Waals surface area contributed by atoms with Crippen molar-refractivity contribution in [2.75, 3.05) is 52.9 Å². The average molecular weight is 352 g/mol. The third kappa shape index (κ3) is 5.87. The van der Waals surface area contributed by atoms with E-state index >= 15 is 0 Å². The third-order valence-electron chi connectivity index (χ3n) is 5.39. The molecule has 1 unspecified atom stereocenters. The van der Waals surface area contributed by atoms with Crippen LogP contribution in [0.5, 0.6) is 0 Å². The lowest BCUT2D eigenvalue weighted by molar-refractivity contribution is -0.135. The van der Waals surface area contributed by atoms with E-state index in [2.05, 4.69) is 40.9 Å². The van der Waals surface area contributed by atoms with Crippen LogP contribution in [0.2, 0.25) is 0 Å². The summed E-state index contributed by atoms with van der Waals surface area (Å²) in [5.74, 6) is 2.06. The van der Waals surface area contributed by atoms with Crippen LogP contribution in [-0.2, 0) is 4.79 Å². The molecule has 0 radical (unpaired) electrons. The molecular formula is C19H37N5O. The van der Waals surface area contributed by atoms with Gasteiger partial charge in [-0.15, -0.1) is 0 Å². The Hall–Kier alpha value is -1.30. The molecule has 144 valence electrons. The van der Waals surface area contributed by atoms with Gasteiger partial charge in [-0.25, -0.2) is 0 Å². The van der Waals surface area contributed by atoms with Crippen molar-refractivity contribution in [1.29, 1.82) is 0 Å². The first-order chi connectivity index (χ1) is 12.0. The van der Waals surface area contributed by atoms with Gasteiger partial charge in [-0.05, 0) is 38.5 Å². The minimum absolute atomic E-state index is 0.00117. The third-order valence-corrected chi connectivity index (χ3v) is 5.39. The highest BCUT2D eigenvalue weighted by Crippen LogP contribution is 2.14. The quantitative estimate of drug-likeness (QED) is 0.449. The van der Waals surface area contributed by atoms with Gasteiger partial charge in [0.25, 0.3) is 0 Å². The van der Waals surface area contributed by atoms with Gasteiger partial charge in [0.05, 0.1) is 6.04 Å². The molecule has 1 atom stereocenters. The van der Waals surface area contributed by atoms with E-state index < -0.39 is 0 Å². The number of hydrogen-bond donors (Lipinski definition) is 1. The Labute approximate surface area is 153 Å². The van der Waals surface area contributed by atoms with Crippen molar-refractivity contribution in [3.63, 3.8) is 0 Å². The summed E-state index contributed by atoms with van der Waals surface area (Å²) in [6, 6.07) is 0.00117. The fraction of sp³-hybridized carbons (Fsp3) is 0.895. The lowest BCUT2D eigenvalue weighted by Gasteiger charge is -2.39. The first kappa shape index (κ1) is 20.0. The number of amides is 1. The molecule has 0 bridgehead atoms. The molecule has 2 heterocycles. The highest BCUT2D eigenvalue weighted by atomic mass is 16.2. The van der Waals surface area contributed by atoms with Crippen LogP contribution in [0.1, 0.15) is 46.5 Å². The van der Waals surface area contributed by atoms with E-state index in [4.69, 9.17) is 0 Å². The number of carbonyl (C=O) groups excluding carboxylic acids is 1. The summed E-state index contributed by atoms with van der Waals surface area (Å²) in [5.41, 5.74) is 0. The van der Waals surface area contributed by atoms with Crippen LogP contribution in [0.15, 0.2) is 4.99 Å². The predicted molar refractivity (Wildman–Crippen MR) is 104 cm³/mol. The number of nitrogens with one attached hydrogen (secondary N) is 1. The van der Waals surface area contributed by atoms with E-state index in [1.165, 1.54) is 12.8 Å². The van der Waals surface area contributed by atoms with Crippen molar-refractivity contribution >= 4 is 11.9 Å². The number of aliphatic imine (C=N–C) groups is 1. The lowest BCUT2D eigenvalue weighted by Crippen LogP contribution is -2.57. The molecule has 0 spiro atoms. The number of rotatable bonds is 6. The van der Waals surface area contributed by atoms with Crippen LogP contribution in [0.3, 0.4) is 0 Å². The fourth-order valence-electron chi connectivity index (χ4n) is 3.72. The SMILES string of the molecule is CN=C(NCCCC(C)C)N1CCN(C(C)C(=O)N2CCCC2)CC1. The second-order valence-corrected chi connectivity index (χ2v) is 7.74. The van der Waals surface area contributed by atoms with Gasteiger partial charge in [0, 0.05) is 52.9 Å². The Balaban J connectivity index is 1.74. The van der Waals surface area contributed by atoms with Crippen LogP contribution >= 0.6 is 0 Å². The number of piperazine rings is 1. The summed E-state index contributed by atoms with van der Waals surface area (Å²) in [4.78, 5) is 23.7. The summed E-state index contributed by atoms with van der Waals surface area (Å²) < 4.78 is 0. The minimum Gasteiger partial charge on any atom is -0.356 e. The van der Waals surface area contributed by atoms with E-state index in [9.17, 15) is 4.79 Å². The first-order valence-corrected chi connectivity index (χ1v) is 10.0. The molecular weight excluding hydrogens is 314 g/mol. The topological polar surface area (TPSA) is 51.2 Å². The Morgan fingerprint density at radius 2 is 1.64 bits per heavy atom. The molecule has 25 heavy (non-hydrogen) atoms. The highest BCUT2D eigenvalue weighted by Gasteiger charge is 2.30. The Morgan fingerprint density at radius 1 is 1.00 bits per heavy atom. The number of likely N-dealkylation sites (tertiary alicyclic amines) is 1. The van der Waals surface area contributed by atoms with E-state index in [1.54, 1.807) is 0 Å². The summed E-state index contributed by atoms with van der Waals surface area (Å²) in [6.45, 7) is 13.2. The smallest absolute Gasteiger partial charge is 0.239 e. The normalized spacial score (nSPS) is 21.1. The standard InChI is InChI=1S/C19H37N5O/c1-16(2)8-7-9-21-19(20-4)24-14-12-22(13-15-24)17(3)18(25)23-10-5-6-11-23/h16-17H,5-15H2,1-4H3,(H,20,21). The van der Waals surface area contributed by atoms with Gasteiger partial charge < -0.3 is 15.1 Å².